The Kier molecular flexibility index (Phi) is 12.0. The highest BCUT2D eigenvalue weighted by Gasteiger charge is 2.28. The van der Waals surface area contributed by atoms with Crippen molar-refractivity contribution < 1.29 is 44.5 Å². The molecular formula is C22H31Cl3N2O2. The Balaban J connectivity index is 0.00000210. The molecule has 0 amide bonds. The summed E-state index contributed by atoms with van der Waals surface area (Å²) >= 11 is 5.96. The van der Waals surface area contributed by atoms with Gasteiger partial charge in [-0.15, -0.1) is 0 Å². The number of benzene rings is 2. The van der Waals surface area contributed by atoms with E-state index < -0.39 is 6.10 Å². The van der Waals surface area contributed by atoms with Crippen molar-refractivity contribution in [3.05, 3.63) is 65.2 Å². The van der Waals surface area contributed by atoms with Crippen LogP contribution in [0.2, 0.25) is 5.02 Å². The van der Waals surface area contributed by atoms with Crippen molar-refractivity contribution in [1.82, 2.24) is 0 Å². The predicted molar refractivity (Wildman–Crippen MR) is 109 cm³/mol. The second kappa shape index (κ2) is 13.3. The SMILES string of the molecule is CC(Cc1ccccc1)[NH+]1CC[NH+](CC(O)COc2cccc(Cl)c2)CC1.[Cl-].[Cl-]. The Morgan fingerprint density at radius 3 is 2.34 bits per heavy atom. The molecule has 1 heterocycles. The van der Waals surface area contributed by atoms with Gasteiger partial charge in [-0.2, -0.15) is 0 Å². The van der Waals surface area contributed by atoms with E-state index in [1.165, 1.54) is 10.5 Å². The molecule has 2 aromatic carbocycles. The quantitative estimate of drug-likeness (QED) is 0.367. The Hall–Kier alpha value is -1.01. The van der Waals surface area contributed by atoms with Gasteiger partial charge < -0.3 is 44.5 Å². The summed E-state index contributed by atoms with van der Waals surface area (Å²) in [6.07, 6.45) is 0.670. The smallest absolute Gasteiger partial charge is 0.137 e. The number of halogens is 3. The summed E-state index contributed by atoms with van der Waals surface area (Å²) in [5.41, 5.74) is 1.42. The van der Waals surface area contributed by atoms with Gasteiger partial charge in [0.05, 0.1) is 6.04 Å². The number of quaternary nitrogens is 2. The van der Waals surface area contributed by atoms with Crippen LogP contribution in [0.15, 0.2) is 54.6 Å². The second-order valence-corrected chi connectivity index (χ2v) is 8.06. The molecule has 162 valence electrons. The Morgan fingerprint density at radius 1 is 1.00 bits per heavy atom. The van der Waals surface area contributed by atoms with Gasteiger partial charge in [-0.05, 0) is 30.7 Å². The highest BCUT2D eigenvalue weighted by molar-refractivity contribution is 6.30. The van der Waals surface area contributed by atoms with Gasteiger partial charge in [-0.3, -0.25) is 0 Å². The maximum absolute atomic E-state index is 10.3. The summed E-state index contributed by atoms with van der Waals surface area (Å²) in [6.45, 7) is 7.91. The first-order chi connectivity index (χ1) is 13.1. The van der Waals surface area contributed by atoms with Crippen LogP contribution in [0.25, 0.3) is 0 Å². The predicted octanol–water partition coefficient (Wildman–Crippen LogP) is -5.50. The molecule has 1 aliphatic heterocycles. The average Bonchev–Trinajstić information content (AvgIpc) is 2.68. The van der Waals surface area contributed by atoms with E-state index in [1.807, 2.05) is 18.2 Å². The number of rotatable bonds is 8. The number of nitrogens with one attached hydrogen (secondary N) is 2. The lowest BCUT2D eigenvalue weighted by atomic mass is 10.1. The molecule has 1 saturated heterocycles. The van der Waals surface area contributed by atoms with Crippen molar-refractivity contribution in [2.45, 2.75) is 25.5 Å². The Labute approximate surface area is 191 Å². The van der Waals surface area contributed by atoms with Crippen molar-refractivity contribution in [2.75, 3.05) is 39.3 Å². The summed E-state index contributed by atoms with van der Waals surface area (Å²) in [5.74, 6) is 0.709. The molecule has 2 aromatic rings. The van der Waals surface area contributed by atoms with Crippen LogP contribution in [0.1, 0.15) is 12.5 Å². The minimum absolute atomic E-state index is 0. The van der Waals surface area contributed by atoms with E-state index in [4.69, 9.17) is 16.3 Å². The molecule has 2 unspecified atom stereocenters. The van der Waals surface area contributed by atoms with Crippen molar-refractivity contribution in [3.63, 3.8) is 0 Å². The molecule has 0 spiro atoms. The first kappa shape index (κ1) is 26.0. The zero-order chi connectivity index (χ0) is 19.1. The molecule has 0 aliphatic carbocycles. The van der Waals surface area contributed by atoms with Gasteiger partial charge in [-0.25, -0.2) is 0 Å². The topological polar surface area (TPSA) is 38.3 Å². The normalized spacial score (nSPS) is 20.7. The zero-order valence-electron chi connectivity index (χ0n) is 16.8. The van der Waals surface area contributed by atoms with Crippen LogP contribution in [-0.2, 0) is 6.42 Å². The van der Waals surface area contributed by atoms with E-state index in [1.54, 1.807) is 11.0 Å². The maximum atomic E-state index is 10.3. The molecule has 3 rings (SSSR count). The van der Waals surface area contributed by atoms with Crippen molar-refractivity contribution >= 4 is 11.6 Å². The van der Waals surface area contributed by atoms with Gasteiger partial charge in [0.25, 0.3) is 0 Å². The lowest BCUT2D eigenvalue weighted by Gasteiger charge is -2.34. The number of aliphatic hydroxyl groups excluding tert-OH is 1. The number of aliphatic hydroxyl groups is 1. The fourth-order valence-electron chi connectivity index (χ4n) is 3.87. The Morgan fingerprint density at radius 2 is 1.69 bits per heavy atom. The highest BCUT2D eigenvalue weighted by atomic mass is 35.5. The van der Waals surface area contributed by atoms with E-state index in [2.05, 4.69) is 37.3 Å². The molecule has 3 N–H and O–H groups in total. The monoisotopic (exact) mass is 460 g/mol. The van der Waals surface area contributed by atoms with E-state index >= 15 is 0 Å². The number of hydrogen-bond donors (Lipinski definition) is 3. The number of hydrogen-bond acceptors (Lipinski definition) is 2. The zero-order valence-corrected chi connectivity index (χ0v) is 19.1. The minimum Gasteiger partial charge on any atom is -1.00 e. The van der Waals surface area contributed by atoms with E-state index in [9.17, 15) is 5.11 Å². The minimum atomic E-state index is -0.456. The summed E-state index contributed by atoms with van der Waals surface area (Å²) in [5, 5.41) is 11.0. The maximum Gasteiger partial charge on any atom is 0.137 e. The van der Waals surface area contributed by atoms with Crippen LogP contribution in [0, 0.1) is 0 Å². The third kappa shape index (κ3) is 8.71. The second-order valence-electron chi connectivity index (χ2n) is 7.63. The largest absolute Gasteiger partial charge is 1.00 e. The first-order valence-corrected chi connectivity index (χ1v) is 10.3. The van der Waals surface area contributed by atoms with E-state index in [0.29, 0.717) is 23.4 Å². The van der Waals surface area contributed by atoms with Crippen LogP contribution in [0.4, 0.5) is 0 Å². The molecule has 7 heteroatoms. The summed E-state index contributed by atoms with van der Waals surface area (Å²) in [7, 11) is 0. The first-order valence-electron chi connectivity index (χ1n) is 9.88. The number of piperazine rings is 1. The lowest BCUT2D eigenvalue weighted by molar-refractivity contribution is -1.02. The molecule has 1 aliphatic rings. The van der Waals surface area contributed by atoms with Crippen LogP contribution in [0.5, 0.6) is 5.75 Å². The van der Waals surface area contributed by atoms with Gasteiger partial charge in [0.1, 0.15) is 51.2 Å². The molecule has 1 fully saturated rings. The Bertz CT molecular complexity index is 697. The fourth-order valence-corrected chi connectivity index (χ4v) is 4.06. The van der Waals surface area contributed by atoms with Crippen LogP contribution in [-0.4, -0.2) is 56.6 Å². The third-order valence-electron chi connectivity index (χ3n) is 5.44. The highest BCUT2D eigenvalue weighted by Crippen LogP contribution is 2.17. The fraction of sp³-hybridized carbons (Fsp3) is 0.455. The molecule has 2 atom stereocenters. The van der Waals surface area contributed by atoms with Gasteiger partial charge >= 0.3 is 0 Å². The molecular weight excluding hydrogens is 431 g/mol. The average molecular weight is 462 g/mol. The van der Waals surface area contributed by atoms with Crippen molar-refractivity contribution in [2.24, 2.45) is 0 Å². The van der Waals surface area contributed by atoms with Crippen LogP contribution < -0.4 is 39.4 Å². The van der Waals surface area contributed by atoms with Gasteiger partial charge in [0.15, 0.2) is 0 Å². The van der Waals surface area contributed by atoms with Gasteiger partial charge in [0, 0.05) is 11.4 Å². The van der Waals surface area contributed by atoms with E-state index in [0.717, 1.165) is 39.1 Å². The standard InChI is InChI=1S/C22H29ClN2O2.2ClH/c1-18(14-19-6-3-2-4-7-19)25-12-10-24(11-13-25)16-21(26)17-27-22-9-5-8-20(23)15-22;;/h2-9,15,18,21,26H,10-14,16-17H2,1H3;2*1H. The molecule has 0 bridgehead atoms. The van der Waals surface area contributed by atoms with Crippen molar-refractivity contribution in [3.8, 4) is 5.75 Å². The summed E-state index contributed by atoms with van der Waals surface area (Å²) in [4.78, 5) is 3.14. The molecule has 4 nitrogen and oxygen atoms in total. The summed E-state index contributed by atoms with van der Waals surface area (Å²) in [6, 6.07) is 18.7. The summed E-state index contributed by atoms with van der Waals surface area (Å²) < 4.78 is 5.66. The third-order valence-corrected chi connectivity index (χ3v) is 5.68. The molecule has 0 saturated carbocycles. The van der Waals surface area contributed by atoms with Gasteiger partial charge in [0.2, 0.25) is 0 Å². The molecule has 0 aromatic heterocycles. The van der Waals surface area contributed by atoms with Gasteiger partial charge in [-0.1, -0.05) is 48.0 Å². The molecule has 29 heavy (non-hydrogen) atoms. The van der Waals surface area contributed by atoms with E-state index in [-0.39, 0.29) is 24.8 Å². The van der Waals surface area contributed by atoms with Crippen LogP contribution >= 0.6 is 11.6 Å². The van der Waals surface area contributed by atoms with Crippen LogP contribution in [0.3, 0.4) is 0 Å². The molecule has 0 radical (unpaired) electrons. The van der Waals surface area contributed by atoms with Crippen molar-refractivity contribution in [1.29, 1.82) is 0 Å². The number of ether oxygens (including phenoxy) is 1. The lowest BCUT2D eigenvalue weighted by Crippen LogP contribution is -3.30.